The van der Waals surface area contributed by atoms with E-state index in [1.165, 1.54) is 9.87 Å². The van der Waals surface area contributed by atoms with Gasteiger partial charge >= 0.3 is 0 Å². The molecule has 2 saturated heterocycles. The molecule has 0 aromatic heterocycles. The lowest BCUT2D eigenvalue weighted by Crippen LogP contribution is -2.37. The van der Waals surface area contributed by atoms with Crippen LogP contribution in [0.5, 0.6) is 0 Å². The smallest absolute Gasteiger partial charge is 0.251 e. The Morgan fingerprint density at radius 2 is 1.65 bits per heavy atom. The van der Waals surface area contributed by atoms with Crippen LogP contribution in [-0.4, -0.2) is 57.8 Å². The van der Waals surface area contributed by atoms with Crippen molar-refractivity contribution in [2.75, 3.05) is 42.9 Å². The molecule has 0 aliphatic carbocycles. The van der Waals surface area contributed by atoms with Crippen molar-refractivity contribution in [2.24, 2.45) is 0 Å². The Morgan fingerprint density at radius 1 is 0.935 bits per heavy atom. The summed E-state index contributed by atoms with van der Waals surface area (Å²) in [6.07, 6.45) is 1.55. The number of nitrogens with one attached hydrogen (secondary N) is 1. The number of amides is 1. The van der Waals surface area contributed by atoms with Gasteiger partial charge in [0.15, 0.2) is 0 Å². The maximum absolute atomic E-state index is 12.7. The normalized spacial score (nSPS) is 19.2. The molecular formula is C23H29N3O4S. The Hall–Kier alpha value is -2.42. The number of morpholine rings is 1. The van der Waals surface area contributed by atoms with E-state index in [2.05, 4.69) is 16.3 Å². The third-order valence-electron chi connectivity index (χ3n) is 5.82. The number of anilines is 1. The van der Waals surface area contributed by atoms with E-state index < -0.39 is 10.0 Å². The number of carbonyl (C=O) groups excluding carboxylic acids is 1. The van der Waals surface area contributed by atoms with E-state index in [0.717, 1.165) is 44.8 Å². The van der Waals surface area contributed by atoms with Crippen molar-refractivity contribution in [3.63, 3.8) is 0 Å². The van der Waals surface area contributed by atoms with E-state index in [4.69, 9.17) is 4.74 Å². The van der Waals surface area contributed by atoms with Gasteiger partial charge in [0.05, 0.1) is 24.7 Å². The van der Waals surface area contributed by atoms with Gasteiger partial charge in [-0.3, -0.25) is 14.0 Å². The number of sulfonamides is 1. The van der Waals surface area contributed by atoms with Crippen molar-refractivity contribution in [1.82, 2.24) is 10.2 Å². The monoisotopic (exact) mass is 443 g/mol. The molecule has 1 N–H and O–H groups in total. The van der Waals surface area contributed by atoms with Gasteiger partial charge in [-0.15, -0.1) is 0 Å². The first kappa shape index (κ1) is 21.8. The summed E-state index contributed by atoms with van der Waals surface area (Å²) in [4.78, 5) is 15.0. The second-order valence-corrected chi connectivity index (χ2v) is 9.99. The molecule has 2 aromatic carbocycles. The Balaban J connectivity index is 1.38. The third kappa shape index (κ3) is 5.44. The van der Waals surface area contributed by atoms with E-state index >= 15 is 0 Å². The molecule has 4 rings (SSSR count). The lowest BCUT2D eigenvalue weighted by atomic mass is 10.1. The first-order valence-electron chi connectivity index (χ1n) is 10.8. The van der Waals surface area contributed by atoms with E-state index in [9.17, 15) is 13.2 Å². The molecule has 8 heteroatoms. The number of hydrogen-bond donors (Lipinski definition) is 1. The SMILES string of the molecule is O=C(NCc1ccccc1CN1CCOCC1)c1ccc(N2CCCCS2(=O)=O)cc1. The zero-order valence-corrected chi connectivity index (χ0v) is 18.4. The third-order valence-corrected chi connectivity index (χ3v) is 7.69. The molecule has 2 heterocycles. The van der Waals surface area contributed by atoms with E-state index in [0.29, 0.717) is 30.8 Å². The summed E-state index contributed by atoms with van der Waals surface area (Å²) in [5, 5.41) is 2.99. The number of benzene rings is 2. The predicted molar refractivity (Wildman–Crippen MR) is 121 cm³/mol. The number of ether oxygens (including phenoxy) is 1. The second-order valence-electron chi connectivity index (χ2n) is 7.98. The lowest BCUT2D eigenvalue weighted by molar-refractivity contribution is 0.0340. The first-order valence-corrected chi connectivity index (χ1v) is 12.4. The molecular weight excluding hydrogens is 414 g/mol. The molecule has 0 spiro atoms. The summed E-state index contributed by atoms with van der Waals surface area (Å²) in [7, 11) is -3.25. The number of nitrogens with zero attached hydrogens (tertiary/aromatic N) is 2. The molecule has 2 fully saturated rings. The van der Waals surface area contributed by atoms with Crippen LogP contribution in [0.3, 0.4) is 0 Å². The van der Waals surface area contributed by atoms with Gasteiger partial charge in [0.25, 0.3) is 5.91 Å². The minimum atomic E-state index is -3.25. The molecule has 2 aromatic rings. The average Bonchev–Trinajstić information content (AvgIpc) is 2.79. The molecule has 0 atom stereocenters. The van der Waals surface area contributed by atoms with E-state index in [-0.39, 0.29) is 11.7 Å². The van der Waals surface area contributed by atoms with Crippen LogP contribution in [0.1, 0.15) is 34.3 Å². The molecule has 0 radical (unpaired) electrons. The van der Waals surface area contributed by atoms with Gasteiger partial charge in [0.2, 0.25) is 10.0 Å². The minimum Gasteiger partial charge on any atom is -0.379 e. The van der Waals surface area contributed by atoms with Crippen molar-refractivity contribution < 1.29 is 17.9 Å². The summed E-state index contributed by atoms with van der Waals surface area (Å²) >= 11 is 0. The molecule has 7 nitrogen and oxygen atoms in total. The Bertz CT molecular complexity index is 1000. The fourth-order valence-electron chi connectivity index (χ4n) is 4.02. The average molecular weight is 444 g/mol. The highest BCUT2D eigenvalue weighted by Gasteiger charge is 2.26. The Labute approximate surface area is 184 Å². The van der Waals surface area contributed by atoms with Gasteiger partial charge in [-0.1, -0.05) is 24.3 Å². The summed E-state index contributed by atoms with van der Waals surface area (Å²) in [5.41, 5.74) is 3.43. The molecule has 1 amide bonds. The quantitative estimate of drug-likeness (QED) is 0.742. The zero-order valence-electron chi connectivity index (χ0n) is 17.6. The van der Waals surface area contributed by atoms with E-state index in [1.54, 1.807) is 24.3 Å². The molecule has 2 aliphatic heterocycles. The van der Waals surface area contributed by atoms with Crippen LogP contribution in [0.4, 0.5) is 5.69 Å². The molecule has 31 heavy (non-hydrogen) atoms. The molecule has 0 unspecified atom stereocenters. The Morgan fingerprint density at radius 3 is 2.35 bits per heavy atom. The van der Waals surface area contributed by atoms with Crippen LogP contribution in [-0.2, 0) is 27.8 Å². The van der Waals surface area contributed by atoms with Gasteiger partial charge in [-0.25, -0.2) is 8.42 Å². The number of carbonyl (C=O) groups is 1. The fraction of sp³-hybridized carbons (Fsp3) is 0.435. The highest BCUT2D eigenvalue weighted by Crippen LogP contribution is 2.24. The first-order chi connectivity index (χ1) is 15.0. The van der Waals surface area contributed by atoms with Gasteiger partial charge in [0.1, 0.15) is 0 Å². The fourth-order valence-corrected chi connectivity index (χ4v) is 5.66. The summed E-state index contributed by atoms with van der Waals surface area (Å²) in [5.74, 6) is 0.00765. The zero-order chi connectivity index (χ0) is 21.7. The highest BCUT2D eigenvalue weighted by molar-refractivity contribution is 7.92. The number of hydrogen-bond acceptors (Lipinski definition) is 5. The van der Waals surface area contributed by atoms with Crippen LogP contribution in [0, 0.1) is 0 Å². The van der Waals surface area contributed by atoms with Gasteiger partial charge < -0.3 is 10.1 Å². The lowest BCUT2D eigenvalue weighted by Gasteiger charge is -2.28. The Kier molecular flexibility index (Phi) is 6.89. The minimum absolute atomic E-state index is 0.172. The van der Waals surface area contributed by atoms with Gasteiger partial charge in [-0.05, 0) is 48.2 Å². The largest absolute Gasteiger partial charge is 0.379 e. The van der Waals surface area contributed by atoms with Crippen molar-refractivity contribution in [3.05, 3.63) is 65.2 Å². The van der Waals surface area contributed by atoms with Crippen LogP contribution in [0.2, 0.25) is 0 Å². The maximum Gasteiger partial charge on any atom is 0.251 e. The van der Waals surface area contributed by atoms with E-state index in [1.807, 2.05) is 18.2 Å². The highest BCUT2D eigenvalue weighted by atomic mass is 32.2. The maximum atomic E-state index is 12.7. The molecule has 2 aliphatic rings. The van der Waals surface area contributed by atoms with Gasteiger partial charge in [0, 0.05) is 38.3 Å². The summed E-state index contributed by atoms with van der Waals surface area (Å²) < 4.78 is 31.4. The van der Waals surface area contributed by atoms with Crippen LogP contribution < -0.4 is 9.62 Å². The van der Waals surface area contributed by atoms with Crippen molar-refractivity contribution in [3.8, 4) is 0 Å². The molecule has 0 saturated carbocycles. The van der Waals surface area contributed by atoms with Crippen LogP contribution >= 0.6 is 0 Å². The van der Waals surface area contributed by atoms with Gasteiger partial charge in [-0.2, -0.15) is 0 Å². The van der Waals surface area contributed by atoms with Crippen molar-refractivity contribution in [2.45, 2.75) is 25.9 Å². The standard InChI is InChI=1S/C23H29N3O4S/c27-23(19-7-9-22(10-8-19)26-11-3-4-16-31(26,28)29)24-17-20-5-1-2-6-21(20)18-25-12-14-30-15-13-25/h1-2,5-10H,3-4,11-18H2,(H,24,27). The number of rotatable bonds is 6. The summed E-state index contributed by atoms with van der Waals surface area (Å²) in [6.45, 7) is 5.13. The van der Waals surface area contributed by atoms with Crippen molar-refractivity contribution >= 4 is 21.6 Å². The van der Waals surface area contributed by atoms with Crippen LogP contribution in [0.25, 0.3) is 0 Å². The predicted octanol–water partition coefficient (Wildman–Crippen LogP) is 2.38. The molecule has 0 bridgehead atoms. The topological polar surface area (TPSA) is 79.0 Å². The summed E-state index contributed by atoms with van der Waals surface area (Å²) in [6, 6.07) is 15.0. The van der Waals surface area contributed by atoms with Crippen LogP contribution in [0.15, 0.2) is 48.5 Å². The molecule has 166 valence electrons. The second kappa shape index (κ2) is 9.80. The van der Waals surface area contributed by atoms with Crippen molar-refractivity contribution in [1.29, 1.82) is 0 Å².